The minimum atomic E-state index is -3.39. The lowest BCUT2D eigenvalue weighted by Gasteiger charge is -2.07. The van der Waals surface area contributed by atoms with Gasteiger partial charge in [0.15, 0.2) is 9.84 Å². The summed E-state index contributed by atoms with van der Waals surface area (Å²) in [5.74, 6) is -0.0249. The van der Waals surface area contributed by atoms with E-state index >= 15 is 0 Å². The minimum Gasteiger partial charge on any atom is -0.398 e. The van der Waals surface area contributed by atoms with Crippen molar-refractivity contribution >= 4 is 15.5 Å². The van der Waals surface area contributed by atoms with E-state index in [1.54, 1.807) is 24.3 Å². The fourth-order valence-corrected chi connectivity index (χ4v) is 3.35. The molecule has 0 aliphatic heterocycles. The number of nitrogens with two attached hydrogens (primary N) is 1. The summed E-state index contributed by atoms with van der Waals surface area (Å²) in [5.41, 5.74) is 7.83. The van der Waals surface area contributed by atoms with Crippen LogP contribution in [0.3, 0.4) is 0 Å². The molecule has 3 nitrogen and oxygen atoms in total. The molecule has 0 aliphatic rings. The zero-order valence-electron chi connectivity index (χ0n) is 10.1. The van der Waals surface area contributed by atoms with Crippen molar-refractivity contribution in [2.75, 3.05) is 5.73 Å². The molecule has 94 valence electrons. The summed E-state index contributed by atoms with van der Waals surface area (Å²) in [6, 6.07) is 14.0. The van der Waals surface area contributed by atoms with Crippen LogP contribution in [0.15, 0.2) is 53.4 Å². The van der Waals surface area contributed by atoms with Crippen molar-refractivity contribution in [2.24, 2.45) is 0 Å². The first-order valence-corrected chi connectivity index (χ1v) is 7.27. The van der Waals surface area contributed by atoms with Crippen molar-refractivity contribution in [3.63, 3.8) is 0 Å². The van der Waals surface area contributed by atoms with E-state index < -0.39 is 9.84 Å². The van der Waals surface area contributed by atoms with Crippen molar-refractivity contribution in [1.82, 2.24) is 0 Å². The highest BCUT2D eigenvalue weighted by Gasteiger charge is 2.17. The third-order valence-electron chi connectivity index (χ3n) is 2.69. The van der Waals surface area contributed by atoms with Crippen molar-refractivity contribution in [1.29, 1.82) is 0 Å². The molecule has 0 aromatic heterocycles. The monoisotopic (exact) mass is 261 g/mol. The Morgan fingerprint density at radius 3 is 2.44 bits per heavy atom. The second-order valence-electron chi connectivity index (χ2n) is 4.29. The quantitative estimate of drug-likeness (QED) is 0.864. The lowest BCUT2D eigenvalue weighted by molar-refractivity contribution is 0.595. The van der Waals surface area contributed by atoms with Gasteiger partial charge >= 0.3 is 0 Å². The molecule has 0 fully saturated rings. The molecule has 0 radical (unpaired) electrons. The summed E-state index contributed by atoms with van der Waals surface area (Å²) in [6.07, 6.45) is 0. The van der Waals surface area contributed by atoms with Crippen LogP contribution in [0.4, 0.5) is 5.69 Å². The van der Waals surface area contributed by atoms with E-state index in [0.717, 1.165) is 11.1 Å². The molecule has 0 spiro atoms. The highest BCUT2D eigenvalue weighted by atomic mass is 32.2. The largest absolute Gasteiger partial charge is 0.398 e. The maximum Gasteiger partial charge on any atom is 0.184 e. The van der Waals surface area contributed by atoms with Gasteiger partial charge in [-0.3, -0.25) is 0 Å². The molecule has 2 N–H and O–H groups in total. The molecule has 0 bridgehead atoms. The second kappa shape index (κ2) is 4.82. The highest BCUT2D eigenvalue weighted by molar-refractivity contribution is 7.90. The van der Waals surface area contributed by atoms with Crippen molar-refractivity contribution in [3.8, 4) is 0 Å². The van der Waals surface area contributed by atoms with Crippen LogP contribution in [0.2, 0.25) is 0 Å². The molecule has 2 aromatic rings. The van der Waals surface area contributed by atoms with Crippen molar-refractivity contribution in [3.05, 3.63) is 59.7 Å². The standard InChI is InChI=1S/C14H15NO2S/c1-11-5-4-6-12(9-11)10-18(16,17)14-8-3-2-7-13(14)15/h2-9H,10,15H2,1H3. The van der Waals surface area contributed by atoms with Gasteiger partial charge in [-0.05, 0) is 24.6 Å². The number of hydrogen-bond donors (Lipinski definition) is 1. The summed E-state index contributed by atoms with van der Waals surface area (Å²) in [4.78, 5) is 0.200. The van der Waals surface area contributed by atoms with Gasteiger partial charge in [-0.25, -0.2) is 8.42 Å². The Morgan fingerprint density at radius 2 is 1.78 bits per heavy atom. The number of sulfone groups is 1. The number of para-hydroxylation sites is 1. The van der Waals surface area contributed by atoms with Gasteiger partial charge in [0, 0.05) is 0 Å². The van der Waals surface area contributed by atoms with Gasteiger partial charge in [0.05, 0.1) is 16.3 Å². The molecule has 0 aliphatic carbocycles. The second-order valence-corrected chi connectivity index (χ2v) is 6.24. The average Bonchev–Trinajstić information content (AvgIpc) is 2.28. The third kappa shape index (κ3) is 2.71. The van der Waals surface area contributed by atoms with Gasteiger partial charge in [0.2, 0.25) is 0 Å². The Morgan fingerprint density at radius 1 is 1.06 bits per heavy atom. The SMILES string of the molecule is Cc1cccc(CS(=O)(=O)c2ccccc2N)c1. The van der Waals surface area contributed by atoms with E-state index in [-0.39, 0.29) is 10.6 Å². The van der Waals surface area contributed by atoms with Crippen molar-refractivity contribution in [2.45, 2.75) is 17.6 Å². The summed E-state index contributed by atoms with van der Waals surface area (Å²) < 4.78 is 24.5. The zero-order valence-corrected chi connectivity index (χ0v) is 10.9. The first-order chi connectivity index (χ1) is 8.49. The average molecular weight is 261 g/mol. The Bertz CT molecular complexity index is 663. The predicted octanol–water partition coefficient (Wildman–Crippen LogP) is 2.55. The van der Waals surface area contributed by atoms with E-state index in [1.165, 1.54) is 0 Å². The minimum absolute atomic E-state index is 0.0249. The normalized spacial score (nSPS) is 11.4. The van der Waals surface area contributed by atoms with Gasteiger partial charge in [-0.1, -0.05) is 42.0 Å². The number of hydrogen-bond acceptors (Lipinski definition) is 3. The summed E-state index contributed by atoms with van der Waals surface area (Å²) in [6.45, 7) is 1.94. The number of benzene rings is 2. The number of anilines is 1. The van der Waals surface area contributed by atoms with Crippen LogP contribution in [0.1, 0.15) is 11.1 Å². The van der Waals surface area contributed by atoms with Crippen LogP contribution in [0.25, 0.3) is 0 Å². The van der Waals surface area contributed by atoms with E-state index in [0.29, 0.717) is 5.69 Å². The third-order valence-corrected chi connectivity index (χ3v) is 4.45. The number of aryl methyl sites for hydroxylation is 1. The summed E-state index contributed by atoms with van der Waals surface area (Å²) in [7, 11) is -3.39. The van der Waals surface area contributed by atoms with Gasteiger partial charge < -0.3 is 5.73 Å². The van der Waals surface area contributed by atoms with E-state index in [1.807, 2.05) is 31.2 Å². The first kappa shape index (κ1) is 12.6. The van der Waals surface area contributed by atoms with Gasteiger partial charge in [-0.2, -0.15) is 0 Å². The van der Waals surface area contributed by atoms with Gasteiger partial charge in [-0.15, -0.1) is 0 Å². The van der Waals surface area contributed by atoms with Crippen LogP contribution >= 0.6 is 0 Å². The molecule has 18 heavy (non-hydrogen) atoms. The van der Waals surface area contributed by atoms with Crippen LogP contribution < -0.4 is 5.73 Å². The Balaban J connectivity index is 2.37. The van der Waals surface area contributed by atoms with Gasteiger partial charge in [0.25, 0.3) is 0 Å². The highest BCUT2D eigenvalue weighted by Crippen LogP contribution is 2.22. The van der Waals surface area contributed by atoms with E-state index in [4.69, 9.17) is 5.73 Å². The molecular weight excluding hydrogens is 246 g/mol. The molecule has 0 saturated heterocycles. The predicted molar refractivity (Wildman–Crippen MR) is 72.9 cm³/mol. The fraction of sp³-hybridized carbons (Fsp3) is 0.143. The van der Waals surface area contributed by atoms with Gasteiger partial charge in [0.1, 0.15) is 0 Å². The van der Waals surface area contributed by atoms with Crippen LogP contribution in [-0.2, 0) is 15.6 Å². The maximum absolute atomic E-state index is 12.3. The molecule has 0 unspecified atom stereocenters. The number of rotatable bonds is 3. The van der Waals surface area contributed by atoms with Crippen molar-refractivity contribution < 1.29 is 8.42 Å². The lowest BCUT2D eigenvalue weighted by atomic mass is 10.2. The fourth-order valence-electron chi connectivity index (χ4n) is 1.86. The molecule has 0 saturated carbocycles. The molecule has 0 heterocycles. The van der Waals surface area contributed by atoms with Crippen LogP contribution in [0, 0.1) is 6.92 Å². The molecule has 0 amide bonds. The summed E-state index contributed by atoms with van der Waals surface area (Å²) in [5, 5.41) is 0. The topological polar surface area (TPSA) is 60.2 Å². The molecule has 0 atom stereocenters. The molecule has 2 rings (SSSR count). The molecular formula is C14H15NO2S. The van der Waals surface area contributed by atoms with Crippen LogP contribution in [-0.4, -0.2) is 8.42 Å². The number of nitrogen functional groups attached to an aromatic ring is 1. The van der Waals surface area contributed by atoms with E-state index in [2.05, 4.69) is 0 Å². The van der Waals surface area contributed by atoms with E-state index in [9.17, 15) is 8.42 Å². The smallest absolute Gasteiger partial charge is 0.184 e. The zero-order chi connectivity index (χ0) is 13.2. The summed E-state index contributed by atoms with van der Waals surface area (Å²) >= 11 is 0. The molecule has 2 aromatic carbocycles. The molecule has 4 heteroatoms. The Kier molecular flexibility index (Phi) is 3.39. The Labute approximate surface area is 107 Å². The Hall–Kier alpha value is -1.81. The lowest BCUT2D eigenvalue weighted by Crippen LogP contribution is -2.07. The maximum atomic E-state index is 12.3. The first-order valence-electron chi connectivity index (χ1n) is 5.62. The van der Waals surface area contributed by atoms with Crippen LogP contribution in [0.5, 0.6) is 0 Å².